The van der Waals surface area contributed by atoms with E-state index in [1.54, 1.807) is 29.2 Å². The molecule has 2 amide bonds. The van der Waals surface area contributed by atoms with Crippen LogP contribution in [0.15, 0.2) is 54.6 Å². The smallest absolute Gasteiger partial charge is 0.411 e. The number of aryl methyl sites for hydroxylation is 1. The Morgan fingerprint density at radius 2 is 1.75 bits per heavy atom. The number of nitrogens with one attached hydrogen (secondary N) is 3. The van der Waals surface area contributed by atoms with Gasteiger partial charge < -0.3 is 40.3 Å². The van der Waals surface area contributed by atoms with Gasteiger partial charge in [0.1, 0.15) is 24.1 Å². The highest BCUT2D eigenvalue weighted by Crippen LogP contribution is 2.32. The largest absolute Gasteiger partial charge is 0.481 e. The summed E-state index contributed by atoms with van der Waals surface area (Å²) in [5.41, 5.74) is 10.4. The topological polar surface area (TPSA) is 207 Å². The first-order valence-corrected chi connectivity index (χ1v) is 20.6. The van der Waals surface area contributed by atoms with Crippen LogP contribution < -0.4 is 21.3 Å². The molecule has 15 nitrogen and oxygen atoms in total. The van der Waals surface area contributed by atoms with Crippen molar-refractivity contribution in [2.75, 3.05) is 43.8 Å². The summed E-state index contributed by atoms with van der Waals surface area (Å²) in [4.78, 5) is 55.8. The molecule has 4 aromatic rings. The fourth-order valence-electron chi connectivity index (χ4n) is 5.03. The highest BCUT2D eigenvalue weighted by molar-refractivity contribution is 6.76. The Bertz CT molecular complexity index is 1830. The molecule has 4 rings (SSSR count). The molecule has 2 aromatic carbocycles. The van der Waals surface area contributed by atoms with E-state index in [2.05, 4.69) is 45.2 Å². The van der Waals surface area contributed by atoms with E-state index in [1.807, 2.05) is 44.4 Å². The lowest BCUT2D eigenvalue weighted by Gasteiger charge is -2.19. The Balaban J connectivity index is 1.74. The van der Waals surface area contributed by atoms with E-state index < -0.39 is 32.3 Å². The number of imidazole rings is 1. The number of alkyl carbamates (subject to hydrolysis) is 1. The van der Waals surface area contributed by atoms with Crippen molar-refractivity contribution in [3.8, 4) is 11.3 Å². The monoisotopic (exact) mass is 732 g/mol. The van der Waals surface area contributed by atoms with Gasteiger partial charge in [0.15, 0.2) is 0 Å². The van der Waals surface area contributed by atoms with Gasteiger partial charge in [-0.25, -0.2) is 24.5 Å². The van der Waals surface area contributed by atoms with Gasteiger partial charge >= 0.3 is 18.2 Å². The number of nitrogen functional groups attached to an aromatic ring is 1. The van der Waals surface area contributed by atoms with Gasteiger partial charge in [-0.05, 0) is 29.8 Å². The summed E-state index contributed by atoms with van der Waals surface area (Å²) < 4.78 is 16.4. The van der Waals surface area contributed by atoms with E-state index in [0.29, 0.717) is 58.1 Å². The van der Waals surface area contributed by atoms with Crippen molar-refractivity contribution < 1.29 is 33.7 Å². The number of nitrogens with two attached hydrogens (primary N) is 1. The van der Waals surface area contributed by atoms with Crippen molar-refractivity contribution in [3.63, 3.8) is 0 Å². The molecular formula is C36H48N8O7Si. The second-order valence-corrected chi connectivity index (χ2v) is 19.2. The van der Waals surface area contributed by atoms with Crippen LogP contribution in [0.3, 0.4) is 0 Å². The number of hydrogen-bond acceptors (Lipinski definition) is 11. The van der Waals surface area contributed by atoms with E-state index in [9.17, 15) is 19.5 Å². The second-order valence-electron chi connectivity index (χ2n) is 13.6. The van der Waals surface area contributed by atoms with Crippen LogP contribution in [0.5, 0.6) is 0 Å². The molecule has 16 heteroatoms. The number of benzene rings is 2. The van der Waals surface area contributed by atoms with Crippen LogP contribution in [0.25, 0.3) is 11.3 Å². The van der Waals surface area contributed by atoms with Crippen molar-refractivity contribution in [2.45, 2.75) is 64.2 Å². The van der Waals surface area contributed by atoms with Gasteiger partial charge in [-0.15, -0.1) is 0 Å². The number of carboxylic acid groups (broad SMARTS) is 1. The molecule has 0 aliphatic heterocycles. The maximum absolute atomic E-state index is 13.3. The second kappa shape index (κ2) is 18.1. The number of methoxy groups -OCH3 is 1. The van der Waals surface area contributed by atoms with Gasteiger partial charge in [-0.2, -0.15) is 0 Å². The number of anilines is 3. The molecule has 0 aliphatic rings. The van der Waals surface area contributed by atoms with E-state index in [0.717, 1.165) is 11.6 Å². The third-order valence-corrected chi connectivity index (χ3v) is 9.56. The van der Waals surface area contributed by atoms with Gasteiger partial charge in [0.25, 0.3) is 0 Å². The van der Waals surface area contributed by atoms with Gasteiger partial charge in [0.05, 0.1) is 37.6 Å². The zero-order valence-corrected chi connectivity index (χ0v) is 31.5. The lowest BCUT2D eigenvalue weighted by atomic mass is 10.1. The first-order valence-electron chi connectivity index (χ1n) is 16.8. The average Bonchev–Trinajstić information content (AvgIpc) is 3.51. The Labute approximate surface area is 304 Å². The number of hydrogen-bond donors (Lipinski definition) is 5. The van der Waals surface area contributed by atoms with Crippen LogP contribution in [-0.2, 0) is 45.1 Å². The quantitative estimate of drug-likeness (QED) is 0.0498. The number of carbonyl (C=O) groups is 3. The predicted octanol–water partition coefficient (Wildman–Crippen LogP) is 5.78. The molecule has 278 valence electrons. The Morgan fingerprint density at radius 1 is 1.00 bits per heavy atom. The number of aliphatic carboxylic acids is 1. The molecule has 1 atom stereocenters. The zero-order valence-electron chi connectivity index (χ0n) is 30.5. The third-order valence-electron chi connectivity index (χ3n) is 7.86. The highest BCUT2D eigenvalue weighted by Gasteiger charge is 2.25. The number of rotatable bonds is 17. The SMILES string of the molecule is COC(=O)Nc1ccc(-c2nc([C@H](Cc3cc(N(C)C)nc(CCC(=O)O)n3)NC(=O)OCc3ccccc3)[nH]c2COCC[Si](C)(C)C)c(N)c1. The molecule has 2 aromatic heterocycles. The molecular weight excluding hydrogens is 685 g/mol. The molecule has 6 N–H and O–H groups in total. The average molecular weight is 733 g/mol. The van der Waals surface area contributed by atoms with Crippen LogP contribution in [0.2, 0.25) is 25.7 Å². The normalized spacial score (nSPS) is 11.8. The van der Waals surface area contributed by atoms with E-state index in [4.69, 9.17) is 24.9 Å². The maximum Gasteiger partial charge on any atom is 0.411 e. The fraction of sp³-hybridized carbons (Fsp3) is 0.389. The Morgan fingerprint density at radius 3 is 2.40 bits per heavy atom. The van der Waals surface area contributed by atoms with Crippen molar-refractivity contribution in [3.05, 3.63) is 83.2 Å². The summed E-state index contributed by atoms with van der Waals surface area (Å²) in [5.74, 6) is 0.376. The number of amides is 2. The molecule has 0 bridgehead atoms. The summed E-state index contributed by atoms with van der Waals surface area (Å²) in [5, 5.41) is 14.9. The van der Waals surface area contributed by atoms with Crippen LogP contribution in [0.1, 0.15) is 41.1 Å². The summed E-state index contributed by atoms with van der Waals surface area (Å²) in [6.45, 7) is 7.62. The molecule has 0 saturated carbocycles. The molecule has 0 fully saturated rings. The minimum Gasteiger partial charge on any atom is -0.481 e. The van der Waals surface area contributed by atoms with Crippen molar-refractivity contribution in [2.24, 2.45) is 0 Å². The summed E-state index contributed by atoms with van der Waals surface area (Å²) in [6.07, 6.45) is -1.16. The molecule has 0 aliphatic carbocycles. The molecule has 0 spiro atoms. The van der Waals surface area contributed by atoms with Crippen molar-refractivity contribution >= 4 is 43.4 Å². The van der Waals surface area contributed by atoms with Gasteiger partial charge in [-0.1, -0.05) is 50.0 Å². The minimum absolute atomic E-state index is 0.0547. The van der Waals surface area contributed by atoms with Crippen molar-refractivity contribution in [1.29, 1.82) is 0 Å². The lowest BCUT2D eigenvalue weighted by molar-refractivity contribution is -0.137. The number of carboxylic acids is 1. The lowest BCUT2D eigenvalue weighted by Crippen LogP contribution is -2.31. The van der Waals surface area contributed by atoms with E-state index in [-0.39, 0.29) is 32.5 Å². The molecule has 52 heavy (non-hydrogen) atoms. The number of ether oxygens (including phenoxy) is 3. The number of carbonyl (C=O) groups excluding carboxylic acids is 2. The standard InChI is InChI=1S/C36H48N8O7Si/c1-44(2)31-20-25(38-30(42-31)14-15-32(45)46)19-28(41-36(48)51-21-23-10-8-7-9-11-23)34-40-29(22-50-16-17-52(4,5)6)33(43-34)26-13-12-24(18-27(26)37)39-35(47)49-3/h7-13,18,20,28H,14-17,19,21-22,37H2,1-6H3,(H,39,47)(H,40,43)(H,41,48)(H,45,46)/t28-/m0/s1. The molecule has 0 saturated heterocycles. The van der Waals surface area contributed by atoms with Crippen LogP contribution >= 0.6 is 0 Å². The predicted molar refractivity (Wildman–Crippen MR) is 201 cm³/mol. The number of H-pyrrole nitrogens is 1. The van der Waals surface area contributed by atoms with Crippen LogP contribution in [-0.4, -0.2) is 79.1 Å². The van der Waals surface area contributed by atoms with E-state index in [1.165, 1.54) is 7.11 Å². The van der Waals surface area contributed by atoms with Gasteiger partial charge in [0, 0.05) is 70.3 Å². The third kappa shape index (κ3) is 12.1. The van der Waals surface area contributed by atoms with Crippen LogP contribution in [0, 0.1) is 0 Å². The first-order chi connectivity index (χ1) is 24.7. The molecule has 0 unspecified atom stereocenters. The molecule has 0 radical (unpaired) electrons. The fourth-order valence-corrected chi connectivity index (χ4v) is 5.79. The first kappa shape index (κ1) is 39.3. The summed E-state index contributed by atoms with van der Waals surface area (Å²) >= 11 is 0. The zero-order chi connectivity index (χ0) is 37.8. The minimum atomic E-state index is -1.37. The van der Waals surface area contributed by atoms with Crippen LogP contribution in [0.4, 0.5) is 26.8 Å². The summed E-state index contributed by atoms with van der Waals surface area (Å²) in [6, 6.07) is 16.3. The molecule has 2 heterocycles. The van der Waals surface area contributed by atoms with Crippen molar-refractivity contribution in [1.82, 2.24) is 25.3 Å². The highest BCUT2D eigenvalue weighted by atomic mass is 28.3. The van der Waals surface area contributed by atoms with Gasteiger partial charge in [0.2, 0.25) is 0 Å². The van der Waals surface area contributed by atoms with E-state index >= 15 is 0 Å². The number of aromatic amines is 1. The Kier molecular flexibility index (Phi) is 13.7. The Hall–Kier alpha value is -5.48. The number of nitrogens with zero attached hydrogens (tertiary/aromatic N) is 4. The number of aromatic nitrogens is 4. The van der Waals surface area contributed by atoms with Gasteiger partial charge in [-0.3, -0.25) is 10.1 Å². The summed E-state index contributed by atoms with van der Waals surface area (Å²) in [7, 11) is 3.56. The maximum atomic E-state index is 13.3.